The molecular weight excluding hydrogens is 235 g/mol. The van der Waals surface area contributed by atoms with Crippen LogP contribution in [0, 0.1) is 17.7 Å². The zero-order valence-electron chi connectivity index (χ0n) is 9.94. The fourth-order valence-electron chi connectivity index (χ4n) is 1.38. The lowest BCUT2D eigenvalue weighted by atomic mass is 10.2. The van der Waals surface area contributed by atoms with E-state index in [2.05, 4.69) is 11.8 Å². The van der Waals surface area contributed by atoms with Crippen molar-refractivity contribution in [3.63, 3.8) is 0 Å². The summed E-state index contributed by atoms with van der Waals surface area (Å²) in [4.78, 5) is 23.7. The Bertz CT molecular complexity index is 500. The van der Waals surface area contributed by atoms with Gasteiger partial charge >= 0.3 is 0 Å². The van der Waals surface area contributed by atoms with Gasteiger partial charge in [-0.25, -0.2) is 4.39 Å². The van der Waals surface area contributed by atoms with E-state index >= 15 is 0 Å². The molecule has 2 N–H and O–H groups in total. The van der Waals surface area contributed by atoms with E-state index < -0.39 is 11.8 Å². The predicted molar refractivity (Wildman–Crippen MR) is 64.5 cm³/mol. The second-order valence-electron chi connectivity index (χ2n) is 3.63. The van der Waals surface area contributed by atoms with Crippen molar-refractivity contribution in [2.75, 3.05) is 6.54 Å². The molecule has 2 amide bonds. The summed E-state index contributed by atoms with van der Waals surface area (Å²) in [5.74, 6) is 3.33. The highest BCUT2D eigenvalue weighted by atomic mass is 19.1. The van der Waals surface area contributed by atoms with Crippen molar-refractivity contribution in [2.24, 2.45) is 5.73 Å². The highest BCUT2D eigenvalue weighted by Crippen LogP contribution is 2.06. The predicted octanol–water partition coefficient (Wildman–Crippen LogP) is 0.663. The van der Waals surface area contributed by atoms with Gasteiger partial charge in [0.05, 0.1) is 0 Å². The number of amides is 2. The topological polar surface area (TPSA) is 63.4 Å². The van der Waals surface area contributed by atoms with Crippen LogP contribution in [0.5, 0.6) is 0 Å². The summed E-state index contributed by atoms with van der Waals surface area (Å²) in [6, 6.07) is 5.65. The SMILES string of the molecule is CC#CC(=O)N(CC(N)=O)Cc1ccc(F)cc1. The number of carbonyl (C=O) groups is 2. The van der Waals surface area contributed by atoms with Crippen LogP contribution in [0.4, 0.5) is 4.39 Å². The lowest BCUT2D eigenvalue weighted by Crippen LogP contribution is -2.37. The lowest BCUT2D eigenvalue weighted by molar-refractivity contribution is -0.131. The van der Waals surface area contributed by atoms with Crippen LogP contribution in [0.1, 0.15) is 12.5 Å². The Morgan fingerprint density at radius 2 is 1.94 bits per heavy atom. The van der Waals surface area contributed by atoms with Gasteiger partial charge in [-0.3, -0.25) is 9.59 Å². The summed E-state index contributed by atoms with van der Waals surface area (Å²) in [6.45, 7) is 1.47. The van der Waals surface area contributed by atoms with Gasteiger partial charge in [-0.05, 0) is 30.5 Å². The first kappa shape index (κ1) is 13.7. The minimum absolute atomic E-state index is 0.163. The minimum atomic E-state index is -0.622. The fraction of sp³-hybridized carbons (Fsp3) is 0.231. The molecule has 1 aromatic carbocycles. The molecule has 0 unspecified atom stereocenters. The van der Waals surface area contributed by atoms with Crippen molar-refractivity contribution in [1.29, 1.82) is 0 Å². The van der Waals surface area contributed by atoms with Crippen molar-refractivity contribution in [2.45, 2.75) is 13.5 Å². The molecule has 0 atom stereocenters. The number of carbonyl (C=O) groups excluding carboxylic acids is 2. The molecule has 0 aliphatic rings. The molecule has 0 fully saturated rings. The van der Waals surface area contributed by atoms with Gasteiger partial charge in [-0.1, -0.05) is 18.1 Å². The third-order valence-electron chi connectivity index (χ3n) is 2.15. The summed E-state index contributed by atoms with van der Waals surface area (Å²) >= 11 is 0. The first-order valence-corrected chi connectivity index (χ1v) is 5.27. The Kier molecular flexibility index (Phi) is 4.88. The van der Waals surface area contributed by atoms with Gasteiger partial charge in [0.15, 0.2) is 0 Å². The van der Waals surface area contributed by atoms with Crippen LogP contribution in [-0.4, -0.2) is 23.3 Å². The van der Waals surface area contributed by atoms with Gasteiger partial charge in [0, 0.05) is 6.54 Å². The number of primary amides is 1. The number of nitrogens with two attached hydrogens (primary N) is 1. The normalized spacial score (nSPS) is 9.22. The molecule has 1 aromatic rings. The summed E-state index contributed by atoms with van der Waals surface area (Å²) in [7, 11) is 0. The van der Waals surface area contributed by atoms with Crippen LogP contribution < -0.4 is 5.73 Å². The van der Waals surface area contributed by atoms with Gasteiger partial charge in [-0.15, -0.1) is 0 Å². The van der Waals surface area contributed by atoms with E-state index in [0.29, 0.717) is 5.56 Å². The van der Waals surface area contributed by atoms with Crippen molar-refractivity contribution >= 4 is 11.8 Å². The first-order chi connectivity index (χ1) is 8.52. The van der Waals surface area contributed by atoms with E-state index in [1.54, 1.807) is 0 Å². The average Bonchev–Trinajstić information content (AvgIpc) is 2.31. The van der Waals surface area contributed by atoms with Gasteiger partial charge in [0.25, 0.3) is 5.91 Å². The first-order valence-electron chi connectivity index (χ1n) is 5.27. The molecule has 18 heavy (non-hydrogen) atoms. The van der Waals surface area contributed by atoms with E-state index in [-0.39, 0.29) is 18.9 Å². The third-order valence-corrected chi connectivity index (χ3v) is 2.15. The van der Waals surface area contributed by atoms with Crippen LogP contribution in [0.25, 0.3) is 0 Å². The Morgan fingerprint density at radius 1 is 1.33 bits per heavy atom. The number of hydrogen-bond acceptors (Lipinski definition) is 2. The second-order valence-corrected chi connectivity index (χ2v) is 3.63. The molecule has 0 aliphatic heterocycles. The molecule has 0 saturated heterocycles. The summed E-state index contributed by atoms with van der Waals surface area (Å²) in [6.07, 6.45) is 0. The Hall–Kier alpha value is -2.35. The fourth-order valence-corrected chi connectivity index (χ4v) is 1.38. The summed E-state index contributed by atoms with van der Waals surface area (Å²) in [5, 5.41) is 0. The molecule has 94 valence electrons. The number of rotatable bonds is 4. The van der Waals surface area contributed by atoms with E-state index in [0.717, 1.165) is 0 Å². The standard InChI is InChI=1S/C13H13FN2O2/c1-2-3-13(18)16(9-12(15)17)8-10-4-6-11(14)7-5-10/h4-7H,8-9H2,1H3,(H2,15,17). The second kappa shape index (κ2) is 6.40. The monoisotopic (exact) mass is 248 g/mol. The molecule has 1 rings (SSSR count). The molecular formula is C13H13FN2O2. The largest absolute Gasteiger partial charge is 0.368 e. The number of benzene rings is 1. The maximum absolute atomic E-state index is 12.7. The van der Waals surface area contributed by atoms with E-state index in [4.69, 9.17) is 5.73 Å². The smallest absolute Gasteiger partial charge is 0.299 e. The molecule has 5 heteroatoms. The Labute approximate surface area is 105 Å². The average molecular weight is 248 g/mol. The van der Waals surface area contributed by atoms with E-state index in [1.165, 1.54) is 36.1 Å². The highest BCUT2D eigenvalue weighted by molar-refractivity contribution is 5.95. The number of nitrogens with zero attached hydrogens (tertiary/aromatic N) is 1. The van der Waals surface area contributed by atoms with Gasteiger partial charge in [0.1, 0.15) is 12.4 Å². The molecule has 0 saturated carbocycles. The summed E-state index contributed by atoms with van der Waals surface area (Å²) < 4.78 is 12.7. The molecule has 0 spiro atoms. The highest BCUT2D eigenvalue weighted by Gasteiger charge is 2.14. The lowest BCUT2D eigenvalue weighted by Gasteiger charge is -2.18. The molecule has 4 nitrogen and oxygen atoms in total. The Morgan fingerprint density at radius 3 is 2.44 bits per heavy atom. The maximum atomic E-state index is 12.7. The van der Waals surface area contributed by atoms with Crippen LogP contribution in [0.3, 0.4) is 0 Å². The molecule has 0 bridgehead atoms. The number of hydrogen-bond donors (Lipinski definition) is 1. The van der Waals surface area contributed by atoms with Gasteiger partial charge in [0.2, 0.25) is 5.91 Å². The van der Waals surface area contributed by atoms with Crippen molar-refractivity contribution in [3.05, 3.63) is 35.6 Å². The van der Waals surface area contributed by atoms with E-state index in [9.17, 15) is 14.0 Å². The van der Waals surface area contributed by atoms with Gasteiger partial charge in [-0.2, -0.15) is 0 Å². The minimum Gasteiger partial charge on any atom is -0.368 e. The van der Waals surface area contributed by atoms with Crippen LogP contribution in [0.2, 0.25) is 0 Å². The molecule has 0 heterocycles. The zero-order valence-corrected chi connectivity index (χ0v) is 9.94. The van der Waals surface area contributed by atoms with Crippen LogP contribution in [-0.2, 0) is 16.1 Å². The van der Waals surface area contributed by atoms with Crippen molar-refractivity contribution in [3.8, 4) is 11.8 Å². The molecule has 0 aliphatic carbocycles. The van der Waals surface area contributed by atoms with Gasteiger partial charge < -0.3 is 10.6 Å². The van der Waals surface area contributed by atoms with Crippen molar-refractivity contribution in [1.82, 2.24) is 4.90 Å². The van der Waals surface area contributed by atoms with Crippen LogP contribution in [0.15, 0.2) is 24.3 Å². The summed E-state index contributed by atoms with van der Waals surface area (Å²) in [5.41, 5.74) is 5.76. The van der Waals surface area contributed by atoms with E-state index in [1.807, 2.05) is 0 Å². The maximum Gasteiger partial charge on any atom is 0.299 e. The molecule has 0 aromatic heterocycles. The van der Waals surface area contributed by atoms with Crippen LogP contribution >= 0.6 is 0 Å². The Balaban J connectivity index is 2.82. The quantitative estimate of drug-likeness (QED) is 0.796. The van der Waals surface area contributed by atoms with Crippen molar-refractivity contribution < 1.29 is 14.0 Å². The number of halogens is 1. The third kappa shape index (κ3) is 4.26. The molecule has 0 radical (unpaired) electrons. The zero-order chi connectivity index (χ0) is 13.5.